The van der Waals surface area contributed by atoms with Crippen LogP contribution in [0.15, 0.2) is 78.9 Å². The van der Waals surface area contributed by atoms with E-state index in [4.69, 9.17) is 4.74 Å². The van der Waals surface area contributed by atoms with E-state index >= 15 is 0 Å². The summed E-state index contributed by atoms with van der Waals surface area (Å²) in [4.78, 5) is 26.2. The molecule has 0 aliphatic carbocycles. The highest BCUT2D eigenvalue weighted by atomic mass is 16.5. The number of nitrogens with one attached hydrogen (secondary N) is 1. The molecule has 1 N–H and O–H groups in total. The third-order valence-electron chi connectivity index (χ3n) is 4.42. The minimum absolute atomic E-state index is 0.0833. The summed E-state index contributed by atoms with van der Waals surface area (Å²) in [6, 6.07) is 24.1. The molecule has 3 aromatic carbocycles. The van der Waals surface area contributed by atoms with Gasteiger partial charge in [0.25, 0.3) is 11.8 Å². The quantitative estimate of drug-likeness (QED) is 0.658. The Kier molecular flexibility index (Phi) is 6.63. The van der Waals surface area contributed by atoms with Gasteiger partial charge in [0.2, 0.25) is 0 Å². The Labute approximate surface area is 170 Å². The van der Waals surface area contributed by atoms with E-state index in [2.05, 4.69) is 5.32 Å². The summed E-state index contributed by atoms with van der Waals surface area (Å²) >= 11 is 0. The van der Waals surface area contributed by atoms with Gasteiger partial charge in [-0.15, -0.1) is 0 Å². The van der Waals surface area contributed by atoms with Crippen LogP contribution in [0.2, 0.25) is 0 Å². The molecular formula is C24H24N2O3. The Morgan fingerprint density at radius 2 is 1.52 bits per heavy atom. The van der Waals surface area contributed by atoms with Crippen LogP contribution in [0.4, 0.5) is 5.69 Å². The summed E-state index contributed by atoms with van der Waals surface area (Å²) in [5.74, 6) is 0.201. The Balaban J connectivity index is 1.64. The van der Waals surface area contributed by atoms with Crippen LogP contribution < -0.4 is 10.1 Å². The van der Waals surface area contributed by atoms with E-state index in [0.717, 1.165) is 6.42 Å². The number of amides is 2. The number of nitrogens with zero attached hydrogens (tertiary/aromatic N) is 1. The fraction of sp³-hybridized carbons (Fsp3) is 0.167. The lowest BCUT2D eigenvalue weighted by Gasteiger charge is -2.13. The van der Waals surface area contributed by atoms with Crippen molar-refractivity contribution < 1.29 is 14.3 Å². The third kappa shape index (κ3) is 5.45. The van der Waals surface area contributed by atoms with Crippen molar-refractivity contribution in [2.45, 2.75) is 6.42 Å². The van der Waals surface area contributed by atoms with Gasteiger partial charge in [-0.25, -0.2) is 0 Å². The fourth-order valence-electron chi connectivity index (χ4n) is 2.86. The minimum atomic E-state index is -0.257. The summed E-state index contributed by atoms with van der Waals surface area (Å²) in [5, 5.41) is 2.86. The molecule has 3 aromatic rings. The number of hydrogen-bond acceptors (Lipinski definition) is 3. The standard InChI is InChI=1S/C24H24N2O3/c1-26(2)24(28)19-12-14-20(15-13-19)25-23(27)21-10-6-7-11-22(21)29-17-16-18-8-4-3-5-9-18/h3-15H,16-17H2,1-2H3,(H,25,27). The number of rotatable bonds is 7. The summed E-state index contributed by atoms with van der Waals surface area (Å²) < 4.78 is 5.87. The molecule has 0 saturated carbocycles. The zero-order valence-corrected chi connectivity index (χ0v) is 16.6. The molecule has 0 spiro atoms. The van der Waals surface area contributed by atoms with Crippen molar-refractivity contribution in [1.29, 1.82) is 0 Å². The van der Waals surface area contributed by atoms with E-state index in [-0.39, 0.29) is 11.8 Å². The molecule has 148 valence electrons. The van der Waals surface area contributed by atoms with Crippen molar-refractivity contribution in [2.24, 2.45) is 0 Å². The molecule has 5 heteroatoms. The highest BCUT2D eigenvalue weighted by Crippen LogP contribution is 2.20. The third-order valence-corrected chi connectivity index (χ3v) is 4.42. The van der Waals surface area contributed by atoms with E-state index in [1.54, 1.807) is 56.6 Å². The second kappa shape index (κ2) is 9.55. The van der Waals surface area contributed by atoms with Gasteiger partial charge >= 0.3 is 0 Å². The first-order valence-electron chi connectivity index (χ1n) is 9.43. The molecule has 0 aliphatic rings. The van der Waals surface area contributed by atoms with Crippen LogP contribution in [-0.2, 0) is 6.42 Å². The first kappa shape index (κ1) is 20.1. The van der Waals surface area contributed by atoms with Gasteiger partial charge in [0, 0.05) is 31.8 Å². The molecule has 0 aliphatic heterocycles. The van der Waals surface area contributed by atoms with Crippen molar-refractivity contribution in [1.82, 2.24) is 4.90 Å². The van der Waals surface area contributed by atoms with Crippen LogP contribution in [0.5, 0.6) is 5.75 Å². The van der Waals surface area contributed by atoms with Crippen LogP contribution in [-0.4, -0.2) is 37.4 Å². The van der Waals surface area contributed by atoms with Crippen molar-refractivity contribution in [2.75, 3.05) is 26.0 Å². The van der Waals surface area contributed by atoms with Crippen molar-refractivity contribution in [3.05, 3.63) is 95.6 Å². The van der Waals surface area contributed by atoms with Gasteiger partial charge in [-0.1, -0.05) is 42.5 Å². The maximum Gasteiger partial charge on any atom is 0.259 e. The minimum Gasteiger partial charge on any atom is -0.492 e. The molecule has 0 unspecified atom stereocenters. The van der Waals surface area contributed by atoms with E-state index in [9.17, 15) is 9.59 Å². The maximum atomic E-state index is 12.7. The van der Waals surface area contributed by atoms with Gasteiger partial charge < -0.3 is 15.0 Å². The molecular weight excluding hydrogens is 364 g/mol. The highest BCUT2D eigenvalue weighted by Gasteiger charge is 2.13. The Hall–Kier alpha value is -3.60. The number of carbonyl (C=O) groups excluding carboxylic acids is 2. The summed E-state index contributed by atoms with van der Waals surface area (Å²) in [6.07, 6.45) is 0.762. The molecule has 0 atom stereocenters. The molecule has 0 bridgehead atoms. The first-order chi connectivity index (χ1) is 14.0. The summed E-state index contributed by atoms with van der Waals surface area (Å²) in [6.45, 7) is 0.482. The average Bonchev–Trinajstić information content (AvgIpc) is 2.75. The number of anilines is 1. The van der Waals surface area contributed by atoms with E-state index in [1.807, 2.05) is 36.4 Å². The maximum absolute atomic E-state index is 12.7. The molecule has 2 amide bonds. The Morgan fingerprint density at radius 3 is 2.21 bits per heavy atom. The molecule has 0 fully saturated rings. The van der Waals surface area contributed by atoms with Gasteiger partial charge in [-0.05, 0) is 42.0 Å². The van der Waals surface area contributed by atoms with Crippen molar-refractivity contribution in [3.8, 4) is 5.75 Å². The second-order valence-corrected chi connectivity index (χ2v) is 6.81. The van der Waals surface area contributed by atoms with Gasteiger partial charge in [0.15, 0.2) is 0 Å². The number of hydrogen-bond donors (Lipinski definition) is 1. The predicted molar refractivity (Wildman–Crippen MR) is 114 cm³/mol. The zero-order valence-electron chi connectivity index (χ0n) is 16.6. The number of ether oxygens (including phenoxy) is 1. The van der Waals surface area contributed by atoms with Crippen molar-refractivity contribution >= 4 is 17.5 Å². The Morgan fingerprint density at radius 1 is 0.862 bits per heavy atom. The molecule has 0 heterocycles. The van der Waals surface area contributed by atoms with Crippen LogP contribution in [0.1, 0.15) is 26.3 Å². The van der Waals surface area contributed by atoms with Crippen LogP contribution >= 0.6 is 0 Å². The SMILES string of the molecule is CN(C)C(=O)c1ccc(NC(=O)c2ccccc2OCCc2ccccc2)cc1. The average molecular weight is 388 g/mol. The largest absolute Gasteiger partial charge is 0.492 e. The highest BCUT2D eigenvalue weighted by molar-refractivity contribution is 6.06. The van der Waals surface area contributed by atoms with Gasteiger partial charge in [-0.2, -0.15) is 0 Å². The number of para-hydroxylation sites is 1. The smallest absolute Gasteiger partial charge is 0.259 e. The zero-order chi connectivity index (χ0) is 20.6. The van der Waals surface area contributed by atoms with E-state index in [1.165, 1.54) is 10.5 Å². The molecule has 3 rings (SSSR count). The molecule has 0 saturated heterocycles. The van der Waals surface area contributed by atoms with Crippen molar-refractivity contribution in [3.63, 3.8) is 0 Å². The molecule has 0 radical (unpaired) electrons. The second-order valence-electron chi connectivity index (χ2n) is 6.81. The first-order valence-corrected chi connectivity index (χ1v) is 9.43. The molecule has 5 nitrogen and oxygen atoms in total. The summed E-state index contributed by atoms with van der Waals surface area (Å²) in [5.41, 5.74) is 2.83. The molecule has 29 heavy (non-hydrogen) atoms. The van der Waals surface area contributed by atoms with Gasteiger partial charge in [-0.3, -0.25) is 9.59 Å². The lowest BCUT2D eigenvalue weighted by molar-refractivity contribution is 0.0827. The number of carbonyl (C=O) groups is 2. The lowest BCUT2D eigenvalue weighted by atomic mass is 10.1. The van der Waals surface area contributed by atoms with Gasteiger partial charge in [0.1, 0.15) is 5.75 Å². The summed E-state index contributed by atoms with van der Waals surface area (Å²) in [7, 11) is 3.40. The fourth-order valence-corrected chi connectivity index (χ4v) is 2.86. The topological polar surface area (TPSA) is 58.6 Å². The van der Waals surface area contributed by atoms with E-state index < -0.39 is 0 Å². The normalized spacial score (nSPS) is 10.3. The van der Waals surface area contributed by atoms with E-state index in [0.29, 0.717) is 29.2 Å². The van der Waals surface area contributed by atoms with Crippen LogP contribution in [0, 0.1) is 0 Å². The number of benzene rings is 3. The van der Waals surface area contributed by atoms with Crippen LogP contribution in [0.3, 0.4) is 0 Å². The monoisotopic (exact) mass is 388 g/mol. The predicted octanol–water partition coefficient (Wildman–Crippen LogP) is 4.26. The Bertz CT molecular complexity index is 967. The van der Waals surface area contributed by atoms with Gasteiger partial charge in [0.05, 0.1) is 12.2 Å². The molecule has 0 aromatic heterocycles. The van der Waals surface area contributed by atoms with Crippen LogP contribution in [0.25, 0.3) is 0 Å². The lowest BCUT2D eigenvalue weighted by Crippen LogP contribution is -2.21.